The summed E-state index contributed by atoms with van der Waals surface area (Å²) in [6.07, 6.45) is 0. The topological polar surface area (TPSA) is 269 Å². The third-order valence-electron chi connectivity index (χ3n) is 0. The van der Waals surface area contributed by atoms with Crippen molar-refractivity contribution in [3.63, 3.8) is 0 Å². The van der Waals surface area contributed by atoms with Crippen LogP contribution >= 0.6 is 0 Å². The molecule has 10 heavy (non-hydrogen) atoms. The van der Waals surface area contributed by atoms with E-state index in [9.17, 15) is 0 Å². The van der Waals surface area contributed by atoms with E-state index in [0.717, 1.165) is 0 Å². The van der Waals surface area contributed by atoms with Crippen LogP contribution in [0.5, 0.6) is 0 Å². The molecule has 0 aromatic heterocycles. The second-order valence-electron chi connectivity index (χ2n) is 0. The van der Waals surface area contributed by atoms with Crippen LogP contribution in [0.1, 0.15) is 0 Å². The fourth-order valence-corrected chi connectivity index (χ4v) is 0. The summed E-state index contributed by atoms with van der Waals surface area (Å²) in [7, 11) is 0. The summed E-state index contributed by atoms with van der Waals surface area (Å²) in [6, 6.07) is 0. The summed E-state index contributed by atoms with van der Waals surface area (Å²) in [5, 5.41) is 0. The van der Waals surface area contributed by atoms with E-state index in [1.54, 1.807) is 0 Å². The maximum atomic E-state index is 8.34. The SMILES string of the molecule is O.O.O.O.O.O.O.O.[O]=[Zr]. The van der Waals surface area contributed by atoms with Gasteiger partial charge in [0.2, 0.25) is 0 Å². The molecule has 9 nitrogen and oxygen atoms in total. The fourth-order valence-electron chi connectivity index (χ4n) is 0. The molecule has 0 saturated carbocycles. The number of hydrogen-bond donors (Lipinski definition) is 0. The standard InChI is InChI=1S/8H2O.O.Zr/h8*1H2;;. The van der Waals surface area contributed by atoms with Crippen molar-refractivity contribution < 1.29 is 71.3 Å². The normalized spacial score (nSPS) is 0.300. The van der Waals surface area contributed by atoms with Crippen LogP contribution in [0.4, 0.5) is 0 Å². The first kappa shape index (κ1) is 489. The van der Waals surface area contributed by atoms with E-state index >= 15 is 0 Å². The molecule has 0 unspecified atom stereocenters. The van der Waals surface area contributed by atoms with Crippen LogP contribution in [-0.4, -0.2) is 43.8 Å². The molecule has 0 fully saturated rings. The second kappa shape index (κ2) is 4970. The monoisotopic (exact) mass is 250 g/mol. The van der Waals surface area contributed by atoms with Gasteiger partial charge >= 0.3 is 27.5 Å². The van der Waals surface area contributed by atoms with Gasteiger partial charge in [0.15, 0.2) is 0 Å². The summed E-state index contributed by atoms with van der Waals surface area (Å²) in [5.74, 6) is 0. The number of hydrogen-bond acceptors (Lipinski definition) is 1. The van der Waals surface area contributed by atoms with E-state index in [0.29, 0.717) is 24.7 Å². The molecule has 0 aliphatic heterocycles. The minimum atomic E-state index is 0. The van der Waals surface area contributed by atoms with Crippen LogP contribution in [-0.2, 0) is 27.5 Å². The Morgan fingerprint density at radius 3 is 0.400 bits per heavy atom. The minimum absolute atomic E-state index is 0. The van der Waals surface area contributed by atoms with Crippen molar-refractivity contribution in [3.05, 3.63) is 0 Å². The first-order valence-corrected chi connectivity index (χ1v) is 1.21. The molecule has 0 bridgehead atoms. The van der Waals surface area contributed by atoms with E-state index in [2.05, 4.69) is 0 Å². The quantitative estimate of drug-likeness (QED) is 0.398. The molecule has 0 aliphatic rings. The van der Waals surface area contributed by atoms with Crippen molar-refractivity contribution in [1.82, 2.24) is 0 Å². The molecule has 0 aromatic carbocycles. The zero-order valence-corrected chi connectivity index (χ0v) is 7.37. The van der Waals surface area contributed by atoms with Crippen LogP contribution in [0, 0.1) is 0 Å². The fraction of sp³-hybridized carbons (Fsp3) is 0. The Hall–Kier alpha value is 0.363. The molecular weight excluding hydrogens is 235 g/mol. The summed E-state index contributed by atoms with van der Waals surface area (Å²) in [6.45, 7) is 0. The third-order valence-corrected chi connectivity index (χ3v) is 0. The second-order valence-corrected chi connectivity index (χ2v) is 0. The Kier molecular flexibility index (Phi) is 243000. The molecule has 74 valence electrons. The van der Waals surface area contributed by atoms with Gasteiger partial charge in [-0.05, 0) is 0 Å². The van der Waals surface area contributed by atoms with Gasteiger partial charge in [-0.1, -0.05) is 0 Å². The van der Waals surface area contributed by atoms with E-state index in [4.69, 9.17) is 2.81 Å². The van der Waals surface area contributed by atoms with Gasteiger partial charge in [-0.3, -0.25) is 0 Å². The van der Waals surface area contributed by atoms with E-state index in [1.807, 2.05) is 0 Å². The zero-order chi connectivity index (χ0) is 2.00. The molecule has 16 N–H and O–H groups in total. The van der Waals surface area contributed by atoms with Crippen molar-refractivity contribution in [1.29, 1.82) is 0 Å². The molecule has 0 aromatic rings. The van der Waals surface area contributed by atoms with Gasteiger partial charge in [0.25, 0.3) is 0 Å². The van der Waals surface area contributed by atoms with Gasteiger partial charge in [-0.25, -0.2) is 0 Å². The summed E-state index contributed by atoms with van der Waals surface area (Å²) < 4.78 is 8.34. The molecule has 0 spiro atoms. The van der Waals surface area contributed by atoms with E-state index in [-0.39, 0.29) is 43.8 Å². The third kappa shape index (κ3) is 3440. The molecule has 10 heteroatoms. The van der Waals surface area contributed by atoms with Crippen molar-refractivity contribution in [3.8, 4) is 0 Å². The predicted molar refractivity (Wildman–Crippen MR) is 29.6 cm³/mol. The van der Waals surface area contributed by atoms with E-state index in [1.165, 1.54) is 0 Å². The Balaban J connectivity index is -0.000000000179. The molecule has 0 radical (unpaired) electrons. The average molecular weight is 251 g/mol. The molecule has 0 heterocycles. The predicted octanol–water partition coefficient (Wildman–Crippen LogP) is -6.72. The molecule has 0 atom stereocenters. The first-order chi connectivity index (χ1) is 1.00. The van der Waals surface area contributed by atoms with Gasteiger partial charge in [0, 0.05) is 0 Å². The molecule has 0 aliphatic carbocycles. The molecule has 0 amide bonds. The van der Waals surface area contributed by atoms with Crippen LogP contribution in [0.15, 0.2) is 0 Å². The molecule has 0 saturated heterocycles. The Morgan fingerprint density at radius 2 is 0.400 bits per heavy atom. The maximum absolute atomic E-state index is 8.34. The van der Waals surface area contributed by atoms with Crippen LogP contribution in [0.25, 0.3) is 0 Å². The van der Waals surface area contributed by atoms with Crippen LogP contribution in [0.3, 0.4) is 0 Å². The van der Waals surface area contributed by atoms with Gasteiger partial charge in [0.05, 0.1) is 0 Å². The van der Waals surface area contributed by atoms with E-state index < -0.39 is 0 Å². The Morgan fingerprint density at radius 1 is 0.400 bits per heavy atom. The van der Waals surface area contributed by atoms with Crippen molar-refractivity contribution >= 4 is 0 Å². The Bertz CT molecular complexity index is 4.69. The molecular formula is H16O9Zr. The van der Waals surface area contributed by atoms with Gasteiger partial charge in [-0.2, -0.15) is 0 Å². The van der Waals surface area contributed by atoms with Crippen LogP contribution in [0.2, 0.25) is 0 Å². The average Bonchev–Trinajstić information content (AvgIpc) is 1.00. The summed E-state index contributed by atoms with van der Waals surface area (Å²) in [4.78, 5) is 0. The van der Waals surface area contributed by atoms with Crippen molar-refractivity contribution in [2.75, 3.05) is 0 Å². The summed E-state index contributed by atoms with van der Waals surface area (Å²) in [5.41, 5.74) is 0. The van der Waals surface area contributed by atoms with Crippen LogP contribution < -0.4 is 0 Å². The summed E-state index contributed by atoms with van der Waals surface area (Å²) >= 11 is 0.300. The Labute approximate surface area is 71.8 Å². The van der Waals surface area contributed by atoms with Gasteiger partial charge in [0.1, 0.15) is 0 Å². The van der Waals surface area contributed by atoms with Gasteiger partial charge in [-0.15, -0.1) is 0 Å². The first-order valence-electron chi connectivity index (χ1n) is 0.204. The molecule has 0 rings (SSSR count). The van der Waals surface area contributed by atoms with Crippen molar-refractivity contribution in [2.24, 2.45) is 0 Å². The zero-order valence-electron chi connectivity index (χ0n) is 4.91. The number of rotatable bonds is 0. The van der Waals surface area contributed by atoms with Gasteiger partial charge < -0.3 is 43.8 Å². The van der Waals surface area contributed by atoms with Crippen molar-refractivity contribution in [2.45, 2.75) is 0 Å².